The SMILES string of the molecule is CCCCN(CC(F)(F)F)C(=O)C(N)CCC. The van der Waals surface area contributed by atoms with Gasteiger partial charge in [-0.05, 0) is 12.8 Å². The molecule has 2 N–H and O–H groups in total. The number of carbonyl (C=O) groups is 1. The molecule has 6 heteroatoms. The van der Waals surface area contributed by atoms with Crippen LogP contribution in [-0.2, 0) is 4.79 Å². The summed E-state index contributed by atoms with van der Waals surface area (Å²) in [5.41, 5.74) is 5.56. The molecule has 0 saturated carbocycles. The van der Waals surface area contributed by atoms with Gasteiger partial charge in [-0.15, -0.1) is 0 Å². The molecule has 1 unspecified atom stereocenters. The number of rotatable bonds is 7. The van der Waals surface area contributed by atoms with E-state index in [1.165, 1.54) is 0 Å². The topological polar surface area (TPSA) is 46.3 Å². The van der Waals surface area contributed by atoms with Gasteiger partial charge in [-0.3, -0.25) is 4.79 Å². The lowest BCUT2D eigenvalue weighted by atomic mass is 10.1. The van der Waals surface area contributed by atoms with Gasteiger partial charge in [-0.25, -0.2) is 0 Å². The molecule has 0 aromatic heterocycles. The van der Waals surface area contributed by atoms with E-state index in [9.17, 15) is 18.0 Å². The summed E-state index contributed by atoms with van der Waals surface area (Å²) < 4.78 is 36.9. The summed E-state index contributed by atoms with van der Waals surface area (Å²) in [5.74, 6) is -0.599. The van der Waals surface area contributed by atoms with Crippen LogP contribution in [0.5, 0.6) is 0 Å². The Morgan fingerprint density at radius 1 is 1.29 bits per heavy atom. The first-order chi connectivity index (χ1) is 7.81. The number of hydrogen-bond acceptors (Lipinski definition) is 2. The number of carbonyl (C=O) groups excluding carboxylic acids is 1. The molecule has 17 heavy (non-hydrogen) atoms. The molecule has 102 valence electrons. The maximum Gasteiger partial charge on any atom is 0.406 e. The molecule has 0 aromatic carbocycles. The van der Waals surface area contributed by atoms with E-state index >= 15 is 0 Å². The average molecular weight is 254 g/mol. The maximum absolute atomic E-state index is 12.3. The van der Waals surface area contributed by atoms with Crippen molar-refractivity contribution in [2.45, 2.75) is 51.7 Å². The molecule has 0 saturated heterocycles. The van der Waals surface area contributed by atoms with Crippen molar-refractivity contribution in [1.29, 1.82) is 0 Å². The van der Waals surface area contributed by atoms with E-state index in [-0.39, 0.29) is 6.54 Å². The Balaban J connectivity index is 4.49. The van der Waals surface area contributed by atoms with Gasteiger partial charge in [0, 0.05) is 6.54 Å². The van der Waals surface area contributed by atoms with E-state index in [2.05, 4.69) is 0 Å². The minimum absolute atomic E-state index is 0.117. The van der Waals surface area contributed by atoms with Crippen LogP contribution >= 0.6 is 0 Å². The van der Waals surface area contributed by atoms with E-state index in [0.717, 1.165) is 11.3 Å². The highest BCUT2D eigenvalue weighted by molar-refractivity contribution is 5.81. The predicted molar refractivity (Wildman–Crippen MR) is 60.4 cm³/mol. The standard InChI is InChI=1S/C11H21F3N2O/c1-3-5-7-16(8-11(12,13)14)10(17)9(15)6-4-2/h9H,3-8,15H2,1-2H3. The normalized spacial score (nSPS) is 13.5. The van der Waals surface area contributed by atoms with Gasteiger partial charge in [0.2, 0.25) is 5.91 Å². The summed E-state index contributed by atoms with van der Waals surface area (Å²) in [7, 11) is 0. The van der Waals surface area contributed by atoms with Gasteiger partial charge >= 0.3 is 6.18 Å². The molecule has 0 fully saturated rings. The van der Waals surface area contributed by atoms with Crippen molar-refractivity contribution in [3.05, 3.63) is 0 Å². The lowest BCUT2D eigenvalue weighted by Crippen LogP contribution is -2.47. The second kappa shape index (κ2) is 7.53. The van der Waals surface area contributed by atoms with Crippen LogP contribution in [0.4, 0.5) is 13.2 Å². The minimum atomic E-state index is -4.37. The zero-order valence-electron chi connectivity index (χ0n) is 10.4. The number of hydrogen-bond donors (Lipinski definition) is 1. The van der Waals surface area contributed by atoms with Crippen LogP contribution in [0.15, 0.2) is 0 Å². The van der Waals surface area contributed by atoms with Gasteiger partial charge in [0.1, 0.15) is 6.54 Å². The van der Waals surface area contributed by atoms with E-state index in [4.69, 9.17) is 5.73 Å². The summed E-state index contributed by atoms with van der Waals surface area (Å²) in [5, 5.41) is 0. The van der Waals surface area contributed by atoms with E-state index in [1.807, 2.05) is 13.8 Å². The van der Waals surface area contributed by atoms with E-state index in [0.29, 0.717) is 19.3 Å². The third-order valence-electron chi connectivity index (χ3n) is 2.38. The first-order valence-electron chi connectivity index (χ1n) is 5.93. The molecule has 1 amide bonds. The Morgan fingerprint density at radius 3 is 2.29 bits per heavy atom. The van der Waals surface area contributed by atoms with Crippen LogP contribution in [0.3, 0.4) is 0 Å². The quantitative estimate of drug-likeness (QED) is 0.757. The fourth-order valence-corrected chi connectivity index (χ4v) is 1.50. The van der Waals surface area contributed by atoms with Crippen molar-refractivity contribution in [3.63, 3.8) is 0 Å². The first-order valence-corrected chi connectivity index (χ1v) is 5.93. The summed E-state index contributed by atoms with van der Waals surface area (Å²) in [4.78, 5) is 12.5. The molecule has 3 nitrogen and oxygen atoms in total. The largest absolute Gasteiger partial charge is 0.406 e. The van der Waals surface area contributed by atoms with Gasteiger partial charge in [0.25, 0.3) is 0 Å². The summed E-state index contributed by atoms with van der Waals surface area (Å²) in [6.45, 7) is 2.62. The summed E-state index contributed by atoms with van der Waals surface area (Å²) in [6.07, 6.45) is -1.97. The molecule has 0 aliphatic heterocycles. The highest BCUT2D eigenvalue weighted by Crippen LogP contribution is 2.17. The van der Waals surface area contributed by atoms with Gasteiger partial charge in [0.05, 0.1) is 6.04 Å². The maximum atomic E-state index is 12.3. The number of nitrogens with two attached hydrogens (primary N) is 1. The van der Waals surface area contributed by atoms with Gasteiger partial charge < -0.3 is 10.6 Å². The summed E-state index contributed by atoms with van der Waals surface area (Å²) in [6, 6.07) is -0.820. The fourth-order valence-electron chi connectivity index (χ4n) is 1.50. The Kier molecular flexibility index (Phi) is 7.18. The van der Waals surface area contributed by atoms with Crippen molar-refractivity contribution < 1.29 is 18.0 Å². The van der Waals surface area contributed by atoms with Crippen LogP contribution in [-0.4, -0.2) is 36.1 Å². The Morgan fingerprint density at radius 2 is 1.88 bits per heavy atom. The molecule has 0 rings (SSSR count). The molecule has 0 spiro atoms. The van der Waals surface area contributed by atoms with E-state index < -0.39 is 24.7 Å². The number of unbranched alkanes of at least 4 members (excludes halogenated alkanes) is 1. The monoisotopic (exact) mass is 254 g/mol. The van der Waals surface area contributed by atoms with Crippen molar-refractivity contribution >= 4 is 5.91 Å². The lowest BCUT2D eigenvalue weighted by molar-refractivity contribution is -0.162. The van der Waals surface area contributed by atoms with Crippen molar-refractivity contribution in [2.75, 3.05) is 13.1 Å². The molecule has 0 bridgehead atoms. The lowest BCUT2D eigenvalue weighted by Gasteiger charge is -2.26. The second-order valence-corrected chi connectivity index (χ2v) is 4.12. The molecular formula is C11H21F3N2O. The Hall–Kier alpha value is -0.780. The number of halogens is 3. The van der Waals surface area contributed by atoms with Gasteiger partial charge in [-0.1, -0.05) is 26.7 Å². The fraction of sp³-hybridized carbons (Fsp3) is 0.909. The van der Waals surface area contributed by atoms with Crippen molar-refractivity contribution in [1.82, 2.24) is 4.90 Å². The highest BCUT2D eigenvalue weighted by Gasteiger charge is 2.33. The molecule has 0 heterocycles. The zero-order valence-corrected chi connectivity index (χ0v) is 10.4. The smallest absolute Gasteiger partial charge is 0.332 e. The van der Waals surface area contributed by atoms with E-state index in [1.54, 1.807) is 0 Å². The molecular weight excluding hydrogens is 233 g/mol. The van der Waals surface area contributed by atoms with Crippen LogP contribution in [0.2, 0.25) is 0 Å². The highest BCUT2D eigenvalue weighted by atomic mass is 19.4. The van der Waals surface area contributed by atoms with Crippen molar-refractivity contribution in [2.24, 2.45) is 5.73 Å². The molecule has 0 radical (unpaired) electrons. The predicted octanol–water partition coefficient (Wildman–Crippen LogP) is 2.30. The number of alkyl halides is 3. The molecule has 0 aliphatic carbocycles. The Bertz CT molecular complexity index is 231. The van der Waals surface area contributed by atoms with Crippen LogP contribution in [0.25, 0.3) is 0 Å². The van der Waals surface area contributed by atoms with Crippen LogP contribution < -0.4 is 5.73 Å². The molecule has 0 aliphatic rings. The van der Waals surface area contributed by atoms with Crippen LogP contribution in [0.1, 0.15) is 39.5 Å². The average Bonchev–Trinajstić information content (AvgIpc) is 2.22. The van der Waals surface area contributed by atoms with Crippen LogP contribution in [0, 0.1) is 0 Å². The van der Waals surface area contributed by atoms with Crippen molar-refractivity contribution in [3.8, 4) is 0 Å². The first kappa shape index (κ1) is 16.2. The number of nitrogens with zero attached hydrogens (tertiary/aromatic N) is 1. The second-order valence-electron chi connectivity index (χ2n) is 4.12. The van der Waals surface area contributed by atoms with Gasteiger partial charge in [-0.2, -0.15) is 13.2 Å². The zero-order chi connectivity index (χ0) is 13.5. The molecule has 1 atom stereocenters. The summed E-state index contributed by atoms with van der Waals surface area (Å²) >= 11 is 0. The third kappa shape index (κ3) is 7.20. The molecule has 0 aromatic rings. The Labute approximate surface area is 100 Å². The van der Waals surface area contributed by atoms with Gasteiger partial charge in [0.15, 0.2) is 0 Å². The minimum Gasteiger partial charge on any atom is -0.332 e. The number of amides is 1. The third-order valence-corrected chi connectivity index (χ3v) is 2.38.